The van der Waals surface area contributed by atoms with E-state index in [-0.39, 0.29) is 24.6 Å². The number of carbonyl (C=O) groups is 1. The van der Waals surface area contributed by atoms with E-state index in [0.29, 0.717) is 23.8 Å². The number of carbonyl (C=O) groups excluding carboxylic acids is 1. The molecule has 37 heavy (non-hydrogen) atoms. The number of hydrogen-bond donors (Lipinski definition) is 1. The molecule has 192 valence electrons. The first-order valence-corrected chi connectivity index (χ1v) is 14.0. The van der Waals surface area contributed by atoms with Gasteiger partial charge in [-0.2, -0.15) is 0 Å². The number of benzene rings is 4. The minimum absolute atomic E-state index is 0.0806. The van der Waals surface area contributed by atoms with E-state index in [0.717, 1.165) is 19.6 Å². The maximum atomic E-state index is 13.5. The molecule has 0 bridgehead atoms. The van der Waals surface area contributed by atoms with Crippen LogP contribution in [0.2, 0.25) is 0 Å². The summed E-state index contributed by atoms with van der Waals surface area (Å²) in [4.78, 5) is 12.9. The van der Waals surface area contributed by atoms with Gasteiger partial charge in [0.25, 0.3) is 10.0 Å². The van der Waals surface area contributed by atoms with Gasteiger partial charge in [0, 0.05) is 4.47 Å². The molecular weight excluding hydrogens is 556 g/mol. The molecule has 0 spiro atoms. The molecule has 4 rings (SSSR count). The van der Waals surface area contributed by atoms with Crippen molar-refractivity contribution in [2.75, 3.05) is 30.6 Å². The van der Waals surface area contributed by atoms with Gasteiger partial charge in [0.15, 0.2) is 0 Å². The van der Waals surface area contributed by atoms with Crippen LogP contribution in [0.1, 0.15) is 6.92 Å². The number of ether oxygens (including phenoxy) is 2. The van der Waals surface area contributed by atoms with Gasteiger partial charge < -0.3 is 14.8 Å². The van der Waals surface area contributed by atoms with Crippen molar-refractivity contribution in [3.63, 3.8) is 0 Å². The van der Waals surface area contributed by atoms with E-state index in [4.69, 9.17) is 9.47 Å². The van der Waals surface area contributed by atoms with Gasteiger partial charge in [-0.15, -0.1) is 0 Å². The minimum Gasteiger partial charge on any atom is -0.494 e. The number of rotatable bonds is 11. The highest BCUT2D eigenvalue weighted by molar-refractivity contribution is 9.10. The van der Waals surface area contributed by atoms with E-state index < -0.39 is 15.9 Å². The number of nitrogens with zero attached hydrogens (tertiary/aromatic N) is 1. The Balaban J connectivity index is 1.43. The van der Waals surface area contributed by atoms with Gasteiger partial charge in [-0.05, 0) is 78.4 Å². The zero-order valence-electron chi connectivity index (χ0n) is 20.3. The average molecular weight is 584 g/mol. The standard InChI is InChI=1S/C28H27BrN2O5S/c1-2-35-25-13-10-24(11-14-25)31(37(33,34)27-15-8-23(29)9-16-27)20-28(32)30-17-18-36-26-12-7-21-5-3-4-6-22(21)19-26/h3-16,19H,2,17-18,20H2,1H3,(H,30,32). The van der Waals surface area contributed by atoms with Crippen LogP contribution in [0, 0.1) is 0 Å². The van der Waals surface area contributed by atoms with Crippen LogP contribution < -0.4 is 19.1 Å². The molecule has 0 fully saturated rings. The summed E-state index contributed by atoms with van der Waals surface area (Å²) in [6.07, 6.45) is 0. The lowest BCUT2D eigenvalue weighted by Crippen LogP contribution is -2.41. The van der Waals surface area contributed by atoms with Crippen molar-refractivity contribution in [1.82, 2.24) is 5.32 Å². The second kappa shape index (κ2) is 12.1. The van der Waals surface area contributed by atoms with E-state index in [1.54, 1.807) is 36.4 Å². The lowest BCUT2D eigenvalue weighted by atomic mass is 10.1. The van der Waals surface area contributed by atoms with E-state index in [2.05, 4.69) is 21.2 Å². The molecule has 1 amide bonds. The first-order valence-electron chi connectivity index (χ1n) is 11.8. The molecule has 0 aliphatic rings. The first-order chi connectivity index (χ1) is 17.9. The lowest BCUT2D eigenvalue weighted by molar-refractivity contribution is -0.119. The number of sulfonamides is 1. The van der Waals surface area contributed by atoms with Crippen molar-refractivity contribution in [2.45, 2.75) is 11.8 Å². The number of fused-ring (bicyclic) bond motifs is 1. The SMILES string of the molecule is CCOc1ccc(N(CC(=O)NCCOc2ccc3ccccc3c2)S(=O)(=O)c2ccc(Br)cc2)cc1. The molecule has 9 heteroatoms. The summed E-state index contributed by atoms with van der Waals surface area (Å²) in [5.41, 5.74) is 0.355. The van der Waals surface area contributed by atoms with Gasteiger partial charge in [0.05, 0.1) is 23.7 Å². The summed E-state index contributed by atoms with van der Waals surface area (Å²) in [6.45, 7) is 2.44. The van der Waals surface area contributed by atoms with E-state index in [1.165, 1.54) is 12.1 Å². The summed E-state index contributed by atoms with van der Waals surface area (Å²) < 4.78 is 40.1. The molecule has 1 N–H and O–H groups in total. The summed E-state index contributed by atoms with van der Waals surface area (Å²) in [6, 6.07) is 26.7. The quantitative estimate of drug-likeness (QED) is 0.240. The molecule has 0 aliphatic carbocycles. The topological polar surface area (TPSA) is 84.9 Å². The summed E-state index contributed by atoms with van der Waals surface area (Å²) in [7, 11) is -4.01. The zero-order valence-corrected chi connectivity index (χ0v) is 22.7. The highest BCUT2D eigenvalue weighted by Crippen LogP contribution is 2.27. The van der Waals surface area contributed by atoms with Crippen LogP contribution in [-0.2, 0) is 14.8 Å². The molecule has 0 saturated carbocycles. The molecule has 0 heterocycles. The van der Waals surface area contributed by atoms with Crippen LogP contribution in [0.3, 0.4) is 0 Å². The Hall–Kier alpha value is -3.56. The maximum absolute atomic E-state index is 13.5. The van der Waals surface area contributed by atoms with Crippen LogP contribution in [0.15, 0.2) is 100 Å². The minimum atomic E-state index is -4.01. The van der Waals surface area contributed by atoms with Gasteiger partial charge in [0.2, 0.25) is 5.91 Å². The largest absolute Gasteiger partial charge is 0.494 e. The Bertz CT molecular complexity index is 1460. The third-order valence-corrected chi connectivity index (χ3v) is 7.86. The van der Waals surface area contributed by atoms with Crippen molar-refractivity contribution in [3.8, 4) is 11.5 Å². The monoisotopic (exact) mass is 582 g/mol. The van der Waals surface area contributed by atoms with Crippen molar-refractivity contribution < 1.29 is 22.7 Å². The fourth-order valence-electron chi connectivity index (χ4n) is 3.73. The number of hydrogen-bond acceptors (Lipinski definition) is 5. The molecule has 0 saturated heterocycles. The van der Waals surface area contributed by atoms with Crippen molar-refractivity contribution in [3.05, 3.63) is 95.5 Å². The fraction of sp³-hybridized carbons (Fsp3) is 0.179. The molecule has 7 nitrogen and oxygen atoms in total. The molecule has 0 aromatic heterocycles. The molecule has 0 radical (unpaired) electrons. The Morgan fingerprint density at radius 3 is 2.24 bits per heavy atom. The maximum Gasteiger partial charge on any atom is 0.264 e. The van der Waals surface area contributed by atoms with Crippen LogP contribution in [-0.4, -0.2) is 40.6 Å². The molecule has 0 unspecified atom stereocenters. The van der Waals surface area contributed by atoms with Crippen molar-refractivity contribution in [1.29, 1.82) is 0 Å². The second-order valence-electron chi connectivity index (χ2n) is 8.10. The first kappa shape index (κ1) is 26.5. The fourth-order valence-corrected chi connectivity index (χ4v) is 5.41. The van der Waals surface area contributed by atoms with E-state index in [9.17, 15) is 13.2 Å². The average Bonchev–Trinajstić information content (AvgIpc) is 2.90. The predicted molar refractivity (Wildman–Crippen MR) is 149 cm³/mol. The van der Waals surface area contributed by atoms with Crippen molar-refractivity contribution >= 4 is 48.3 Å². The number of anilines is 1. The molecule has 0 aliphatic heterocycles. The summed E-state index contributed by atoms with van der Waals surface area (Å²) in [5.74, 6) is 0.862. The van der Waals surface area contributed by atoms with Crippen LogP contribution in [0.25, 0.3) is 10.8 Å². The van der Waals surface area contributed by atoms with E-state index in [1.807, 2.05) is 49.4 Å². The smallest absolute Gasteiger partial charge is 0.264 e. The van der Waals surface area contributed by atoms with Gasteiger partial charge in [-0.1, -0.05) is 46.3 Å². The summed E-state index contributed by atoms with van der Waals surface area (Å²) >= 11 is 3.32. The van der Waals surface area contributed by atoms with Crippen LogP contribution >= 0.6 is 15.9 Å². The van der Waals surface area contributed by atoms with Gasteiger partial charge >= 0.3 is 0 Å². The van der Waals surface area contributed by atoms with E-state index >= 15 is 0 Å². The zero-order chi connectivity index (χ0) is 26.3. The highest BCUT2D eigenvalue weighted by Gasteiger charge is 2.27. The highest BCUT2D eigenvalue weighted by atomic mass is 79.9. The van der Waals surface area contributed by atoms with Gasteiger partial charge in [-0.25, -0.2) is 8.42 Å². The van der Waals surface area contributed by atoms with Crippen LogP contribution in [0.5, 0.6) is 11.5 Å². The van der Waals surface area contributed by atoms with Crippen molar-refractivity contribution in [2.24, 2.45) is 0 Å². The Morgan fingerprint density at radius 1 is 0.865 bits per heavy atom. The predicted octanol–water partition coefficient (Wildman–Crippen LogP) is 5.39. The molecule has 4 aromatic rings. The molecule has 4 aromatic carbocycles. The molecular formula is C28H27BrN2O5S. The Morgan fingerprint density at radius 2 is 1.54 bits per heavy atom. The van der Waals surface area contributed by atoms with Crippen LogP contribution in [0.4, 0.5) is 5.69 Å². The normalized spacial score (nSPS) is 11.2. The number of halogens is 1. The van der Waals surface area contributed by atoms with Gasteiger partial charge in [0.1, 0.15) is 24.7 Å². The second-order valence-corrected chi connectivity index (χ2v) is 10.9. The third kappa shape index (κ3) is 6.81. The number of amides is 1. The lowest BCUT2D eigenvalue weighted by Gasteiger charge is -2.24. The Labute approximate surface area is 225 Å². The number of nitrogens with one attached hydrogen (secondary N) is 1. The third-order valence-electron chi connectivity index (χ3n) is 5.54. The molecule has 0 atom stereocenters. The van der Waals surface area contributed by atoms with Gasteiger partial charge in [-0.3, -0.25) is 9.10 Å². The Kier molecular flexibility index (Phi) is 8.68. The summed E-state index contributed by atoms with van der Waals surface area (Å²) in [5, 5.41) is 4.93.